The van der Waals surface area contributed by atoms with Crippen LogP contribution in [0.3, 0.4) is 0 Å². The molecule has 8 heteroatoms. The highest BCUT2D eigenvalue weighted by Gasteiger charge is 2.15. The van der Waals surface area contributed by atoms with Crippen molar-refractivity contribution in [1.29, 1.82) is 0 Å². The van der Waals surface area contributed by atoms with Crippen molar-refractivity contribution < 1.29 is 19.0 Å². The van der Waals surface area contributed by atoms with Gasteiger partial charge in [-0.05, 0) is 12.8 Å². The van der Waals surface area contributed by atoms with Crippen molar-refractivity contribution in [2.24, 2.45) is 4.99 Å². The lowest BCUT2D eigenvalue weighted by Gasteiger charge is -2.14. The Morgan fingerprint density at radius 2 is 2.09 bits per heavy atom. The van der Waals surface area contributed by atoms with Crippen LogP contribution in [0, 0.1) is 0 Å². The maximum Gasteiger partial charge on any atom is 0.243 e. The number of carbonyl (C=O) groups is 1. The number of amides is 1. The van der Waals surface area contributed by atoms with Gasteiger partial charge in [0.2, 0.25) is 5.91 Å². The average Bonchev–Trinajstić information content (AvgIpc) is 3.04. The van der Waals surface area contributed by atoms with Gasteiger partial charge in [-0.1, -0.05) is 0 Å². The number of carbonyl (C=O) groups excluding carboxylic acids is 1. The number of nitrogens with one attached hydrogen (secondary N) is 2. The third-order valence-corrected chi connectivity index (χ3v) is 3.32. The Hall–Kier alpha value is -1.38. The summed E-state index contributed by atoms with van der Waals surface area (Å²) in [6.45, 7) is 4.23. The molecule has 0 bridgehead atoms. The minimum Gasteiger partial charge on any atom is -0.383 e. The fraction of sp³-hybridized carbons (Fsp3) is 0.867. The van der Waals surface area contributed by atoms with Crippen LogP contribution in [0.2, 0.25) is 0 Å². The molecule has 8 nitrogen and oxygen atoms in total. The summed E-state index contributed by atoms with van der Waals surface area (Å²) < 4.78 is 16.0. The molecule has 1 amide bonds. The van der Waals surface area contributed by atoms with Crippen LogP contribution >= 0.6 is 0 Å². The van der Waals surface area contributed by atoms with Gasteiger partial charge in [0.05, 0.1) is 19.3 Å². The molecule has 0 aromatic carbocycles. The van der Waals surface area contributed by atoms with Crippen molar-refractivity contribution >= 4 is 11.9 Å². The highest BCUT2D eigenvalue weighted by Crippen LogP contribution is 2.07. The van der Waals surface area contributed by atoms with E-state index < -0.39 is 0 Å². The lowest BCUT2D eigenvalue weighted by Crippen LogP contribution is -2.40. The summed E-state index contributed by atoms with van der Waals surface area (Å²) in [6.07, 6.45) is 2.08. The molecule has 1 fully saturated rings. The van der Waals surface area contributed by atoms with Gasteiger partial charge in [-0.15, -0.1) is 0 Å². The summed E-state index contributed by atoms with van der Waals surface area (Å²) >= 11 is 0. The fourth-order valence-corrected chi connectivity index (χ4v) is 1.91. The van der Waals surface area contributed by atoms with Crippen LogP contribution in [0.5, 0.6) is 0 Å². The molecule has 23 heavy (non-hydrogen) atoms. The summed E-state index contributed by atoms with van der Waals surface area (Å²) in [4.78, 5) is 17.4. The molecular weight excluding hydrogens is 300 g/mol. The lowest BCUT2D eigenvalue weighted by atomic mass is 10.3. The van der Waals surface area contributed by atoms with Gasteiger partial charge in [-0.25, -0.2) is 4.99 Å². The minimum absolute atomic E-state index is 0.0394. The lowest BCUT2D eigenvalue weighted by molar-refractivity contribution is -0.127. The number of hydrogen-bond donors (Lipinski definition) is 2. The summed E-state index contributed by atoms with van der Waals surface area (Å²) in [7, 11) is 5.08. The first-order valence-corrected chi connectivity index (χ1v) is 8.04. The topological polar surface area (TPSA) is 84.4 Å². The monoisotopic (exact) mass is 330 g/mol. The van der Waals surface area contributed by atoms with E-state index in [0.29, 0.717) is 32.3 Å². The normalized spacial score (nSPS) is 18.0. The number of hydrogen-bond acceptors (Lipinski definition) is 5. The van der Waals surface area contributed by atoms with Crippen molar-refractivity contribution in [3.63, 3.8) is 0 Å². The molecule has 134 valence electrons. The van der Waals surface area contributed by atoms with Crippen LogP contribution in [0.15, 0.2) is 4.99 Å². The molecule has 1 aliphatic rings. The summed E-state index contributed by atoms with van der Waals surface area (Å²) in [5.74, 6) is 0.573. The van der Waals surface area contributed by atoms with Gasteiger partial charge in [0.15, 0.2) is 5.96 Å². The van der Waals surface area contributed by atoms with E-state index >= 15 is 0 Å². The number of methoxy groups -OCH3 is 1. The summed E-state index contributed by atoms with van der Waals surface area (Å²) in [6, 6.07) is 0. The SMILES string of the molecule is COCCNC(=NCC(=O)N(C)C)NCCCOC1CCOC1. The molecule has 1 rings (SSSR count). The number of ether oxygens (including phenoxy) is 3. The van der Waals surface area contributed by atoms with Gasteiger partial charge in [0.1, 0.15) is 6.54 Å². The summed E-state index contributed by atoms with van der Waals surface area (Å²) in [5, 5.41) is 6.33. The predicted octanol–water partition coefficient (Wildman–Crippen LogP) is -0.548. The van der Waals surface area contributed by atoms with Gasteiger partial charge >= 0.3 is 0 Å². The first-order chi connectivity index (χ1) is 11.1. The van der Waals surface area contributed by atoms with E-state index in [9.17, 15) is 4.79 Å². The Labute approximate surface area is 138 Å². The molecule has 1 atom stereocenters. The van der Waals surface area contributed by atoms with E-state index in [1.165, 1.54) is 4.90 Å². The van der Waals surface area contributed by atoms with E-state index in [-0.39, 0.29) is 18.6 Å². The zero-order chi connectivity index (χ0) is 16.9. The molecule has 1 saturated heterocycles. The van der Waals surface area contributed by atoms with Crippen LogP contribution in [0.1, 0.15) is 12.8 Å². The maximum absolute atomic E-state index is 11.6. The highest BCUT2D eigenvalue weighted by atomic mass is 16.5. The summed E-state index contributed by atoms with van der Waals surface area (Å²) in [5.41, 5.74) is 0. The fourth-order valence-electron chi connectivity index (χ4n) is 1.91. The number of rotatable bonds is 10. The van der Waals surface area contributed by atoms with Crippen LogP contribution in [0.4, 0.5) is 0 Å². The second-order valence-electron chi connectivity index (χ2n) is 5.51. The van der Waals surface area contributed by atoms with Crippen LogP contribution < -0.4 is 10.6 Å². The van der Waals surface area contributed by atoms with Crippen LogP contribution in [-0.4, -0.2) is 90.1 Å². The van der Waals surface area contributed by atoms with E-state index in [0.717, 1.165) is 26.0 Å². The molecule has 0 saturated carbocycles. The molecule has 0 aliphatic carbocycles. The molecule has 1 heterocycles. The Kier molecular flexibility index (Phi) is 10.3. The second-order valence-corrected chi connectivity index (χ2v) is 5.51. The van der Waals surface area contributed by atoms with E-state index in [2.05, 4.69) is 15.6 Å². The molecule has 0 radical (unpaired) electrons. The van der Waals surface area contributed by atoms with Crippen molar-refractivity contribution in [1.82, 2.24) is 15.5 Å². The minimum atomic E-state index is -0.0394. The first kappa shape index (κ1) is 19.7. The van der Waals surface area contributed by atoms with E-state index in [4.69, 9.17) is 14.2 Å². The third-order valence-electron chi connectivity index (χ3n) is 3.32. The number of aliphatic imine (C=N–C) groups is 1. The van der Waals surface area contributed by atoms with Gasteiger partial charge < -0.3 is 29.7 Å². The molecule has 2 N–H and O–H groups in total. The predicted molar refractivity (Wildman–Crippen MR) is 88.7 cm³/mol. The van der Waals surface area contributed by atoms with Gasteiger partial charge in [0.25, 0.3) is 0 Å². The Bertz CT molecular complexity index is 357. The quantitative estimate of drug-likeness (QED) is 0.318. The van der Waals surface area contributed by atoms with Gasteiger partial charge in [0, 0.05) is 47.5 Å². The van der Waals surface area contributed by atoms with E-state index in [1.807, 2.05) is 0 Å². The van der Waals surface area contributed by atoms with Crippen molar-refractivity contribution in [2.75, 3.05) is 67.3 Å². The Balaban J connectivity index is 2.24. The molecule has 1 aliphatic heterocycles. The second kappa shape index (κ2) is 12.1. The standard InChI is InChI=1S/C15H30N4O4/c1-19(2)14(20)11-18-15(17-7-10-21-3)16-6-4-8-23-13-5-9-22-12-13/h13H,4-12H2,1-3H3,(H2,16,17,18). The average molecular weight is 330 g/mol. The highest BCUT2D eigenvalue weighted by molar-refractivity contribution is 5.84. The third kappa shape index (κ3) is 9.37. The zero-order valence-corrected chi connectivity index (χ0v) is 14.5. The molecule has 0 aromatic rings. The van der Waals surface area contributed by atoms with Gasteiger partial charge in [-0.3, -0.25) is 4.79 Å². The molecule has 0 aromatic heterocycles. The van der Waals surface area contributed by atoms with Crippen molar-refractivity contribution in [3.05, 3.63) is 0 Å². The number of nitrogens with zero attached hydrogens (tertiary/aromatic N) is 2. The van der Waals surface area contributed by atoms with Crippen molar-refractivity contribution in [3.8, 4) is 0 Å². The van der Waals surface area contributed by atoms with Gasteiger partial charge in [-0.2, -0.15) is 0 Å². The molecular formula is C15H30N4O4. The van der Waals surface area contributed by atoms with Crippen LogP contribution in [-0.2, 0) is 19.0 Å². The number of likely N-dealkylation sites (N-methyl/N-ethyl adjacent to an activating group) is 1. The molecule has 1 unspecified atom stereocenters. The van der Waals surface area contributed by atoms with Crippen molar-refractivity contribution in [2.45, 2.75) is 18.9 Å². The number of guanidine groups is 1. The van der Waals surface area contributed by atoms with Crippen LogP contribution in [0.25, 0.3) is 0 Å². The largest absolute Gasteiger partial charge is 0.383 e. The maximum atomic E-state index is 11.6. The smallest absolute Gasteiger partial charge is 0.243 e. The molecule has 0 spiro atoms. The Morgan fingerprint density at radius 3 is 2.74 bits per heavy atom. The zero-order valence-electron chi connectivity index (χ0n) is 14.5. The Morgan fingerprint density at radius 1 is 1.30 bits per heavy atom. The first-order valence-electron chi connectivity index (χ1n) is 8.04. The van der Waals surface area contributed by atoms with E-state index in [1.54, 1.807) is 21.2 Å².